The van der Waals surface area contributed by atoms with Crippen LogP contribution in [-0.4, -0.2) is 47.6 Å². The standard InChI is InChI=1S/C18H7F17/c19-11(20)3-1-2-6-4-7-9(8(6)11)14(26,27)18(34,35)16(30,31)10(7)15(28,29)17(32,33)12(21,22)5-13(23,24)25/h1-3H,4-5H2. The van der Waals surface area contributed by atoms with Crippen LogP contribution in [0.1, 0.15) is 12.8 Å². The number of rotatable bonds is 4. The lowest BCUT2D eigenvalue weighted by molar-refractivity contribution is -0.340. The van der Waals surface area contributed by atoms with Crippen LogP contribution < -0.4 is 0 Å². The second-order valence-electron chi connectivity index (χ2n) is 7.82. The molecule has 35 heavy (non-hydrogen) atoms. The predicted octanol–water partition coefficient (Wildman–Crippen LogP) is 7.89. The van der Waals surface area contributed by atoms with E-state index in [0.717, 1.165) is 0 Å². The molecule has 0 aromatic rings. The fourth-order valence-corrected chi connectivity index (χ4v) is 3.97. The molecule has 17 heteroatoms. The molecule has 3 rings (SSSR count). The maximum Gasteiger partial charge on any atom is 0.395 e. The average molecular weight is 546 g/mol. The Kier molecular flexibility index (Phi) is 5.44. The van der Waals surface area contributed by atoms with Crippen LogP contribution in [0.4, 0.5) is 74.6 Å². The fourth-order valence-electron chi connectivity index (χ4n) is 3.97. The third kappa shape index (κ3) is 3.42. The van der Waals surface area contributed by atoms with Crippen LogP contribution in [0.2, 0.25) is 0 Å². The first kappa shape index (κ1) is 27.4. The largest absolute Gasteiger partial charge is 0.395 e. The minimum Gasteiger partial charge on any atom is -0.199 e. The Labute approximate surface area is 182 Å². The molecule has 0 N–H and O–H groups in total. The summed E-state index contributed by atoms with van der Waals surface area (Å²) >= 11 is 0. The van der Waals surface area contributed by atoms with E-state index in [9.17, 15) is 74.6 Å². The Balaban J connectivity index is 2.43. The minimum absolute atomic E-state index is 0.257. The molecule has 3 aliphatic rings. The topological polar surface area (TPSA) is 0 Å². The Hall–Kier alpha value is -2.23. The summed E-state index contributed by atoms with van der Waals surface area (Å²) in [6.07, 6.45) is -11.9. The van der Waals surface area contributed by atoms with Gasteiger partial charge in [0.05, 0.1) is 5.57 Å². The third-order valence-electron chi connectivity index (χ3n) is 5.48. The highest BCUT2D eigenvalue weighted by molar-refractivity contribution is 5.68. The van der Waals surface area contributed by atoms with Crippen molar-refractivity contribution in [3.63, 3.8) is 0 Å². The molecule has 0 aromatic heterocycles. The van der Waals surface area contributed by atoms with E-state index in [1.165, 1.54) is 0 Å². The Bertz CT molecular complexity index is 1060. The molecule has 0 fully saturated rings. The van der Waals surface area contributed by atoms with Gasteiger partial charge in [0, 0.05) is 11.1 Å². The van der Waals surface area contributed by atoms with Crippen molar-refractivity contribution in [2.75, 3.05) is 0 Å². The van der Waals surface area contributed by atoms with Gasteiger partial charge in [-0.2, -0.15) is 74.6 Å². The molecule has 0 bridgehead atoms. The molecule has 0 spiro atoms. The van der Waals surface area contributed by atoms with Gasteiger partial charge in [-0.05, 0) is 23.6 Å². The molecule has 0 amide bonds. The third-order valence-corrected chi connectivity index (χ3v) is 5.48. The van der Waals surface area contributed by atoms with E-state index in [1.807, 2.05) is 0 Å². The zero-order valence-electron chi connectivity index (χ0n) is 16.1. The van der Waals surface area contributed by atoms with Crippen LogP contribution in [0.5, 0.6) is 0 Å². The molecule has 0 saturated heterocycles. The van der Waals surface area contributed by atoms with Crippen molar-refractivity contribution < 1.29 is 74.6 Å². The van der Waals surface area contributed by atoms with Gasteiger partial charge in [-0.15, -0.1) is 0 Å². The van der Waals surface area contributed by atoms with Crippen LogP contribution >= 0.6 is 0 Å². The van der Waals surface area contributed by atoms with Crippen molar-refractivity contribution in [2.45, 2.75) is 60.5 Å². The first-order chi connectivity index (χ1) is 15.3. The number of hydrogen-bond acceptors (Lipinski definition) is 0. The molecule has 0 unspecified atom stereocenters. The minimum atomic E-state index is -7.53. The molecular weight excluding hydrogens is 539 g/mol. The lowest BCUT2D eigenvalue weighted by Gasteiger charge is -2.44. The van der Waals surface area contributed by atoms with E-state index >= 15 is 0 Å². The molecule has 0 radical (unpaired) electrons. The number of alkyl halides is 17. The normalized spacial score (nSPS) is 25.5. The summed E-state index contributed by atoms with van der Waals surface area (Å²) in [5.41, 5.74) is -13.2. The van der Waals surface area contributed by atoms with Gasteiger partial charge in [0.1, 0.15) is 6.42 Å². The average Bonchev–Trinajstić information content (AvgIpc) is 2.98. The predicted molar refractivity (Wildman–Crippen MR) is 81.2 cm³/mol. The van der Waals surface area contributed by atoms with Crippen molar-refractivity contribution >= 4 is 0 Å². The first-order valence-corrected chi connectivity index (χ1v) is 8.87. The van der Waals surface area contributed by atoms with E-state index in [2.05, 4.69) is 0 Å². The van der Waals surface area contributed by atoms with Crippen molar-refractivity contribution in [3.05, 3.63) is 46.1 Å². The van der Waals surface area contributed by atoms with Gasteiger partial charge < -0.3 is 0 Å². The van der Waals surface area contributed by atoms with Crippen molar-refractivity contribution in [3.8, 4) is 0 Å². The van der Waals surface area contributed by atoms with Crippen molar-refractivity contribution in [1.29, 1.82) is 0 Å². The molecule has 0 saturated carbocycles. The van der Waals surface area contributed by atoms with Gasteiger partial charge >= 0.3 is 41.7 Å². The molecule has 0 nitrogen and oxygen atoms in total. The Morgan fingerprint density at radius 3 is 1.71 bits per heavy atom. The number of hydrogen-bond donors (Lipinski definition) is 0. The summed E-state index contributed by atoms with van der Waals surface area (Å²) in [5.74, 6) is -47.2. The van der Waals surface area contributed by atoms with Crippen LogP contribution in [0.3, 0.4) is 0 Å². The maximum atomic E-state index is 14.6. The first-order valence-electron chi connectivity index (χ1n) is 8.87. The second kappa shape index (κ2) is 6.95. The highest BCUT2D eigenvalue weighted by Gasteiger charge is 2.86. The van der Waals surface area contributed by atoms with E-state index in [4.69, 9.17) is 0 Å². The highest BCUT2D eigenvalue weighted by Crippen LogP contribution is 2.68. The molecular formula is C18H7F17. The maximum absolute atomic E-state index is 14.6. The highest BCUT2D eigenvalue weighted by atomic mass is 19.4. The zero-order chi connectivity index (χ0) is 27.4. The van der Waals surface area contributed by atoms with Crippen LogP contribution in [0.15, 0.2) is 46.1 Å². The fraction of sp³-hybridized carbons (Fsp3) is 0.556. The van der Waals surface area contributed by atoms with Gasteiger partial charge in [-0.1, -0.05) is 12.2 Å². The van der Waals surface area contributed by atoms with Crippen LogP contribution in [0.25, 0.3) is 0 Å². The molecule has 0 aliphatic heterocycles. The summed E-state index contributed by atoms with van der Waals surface area (Å²) in [5, 5.41) is 0. The lowest BCUT2D eigenvalue weighted by Crippen LogP contribution is -2.66. The van der Waals surface area contributed by atoms with Crippen LogP contribution in [-0.2, 0) is 0 Å². The van der Waals surface area contributed by atoms with Crippen LogP contribution in [0, 0.1) is 0 Å². The van der Waals surface area contributed by atoms with Gasteiger partial charge in [-0.3, -0.25) is 0 Å². The second-order valence-corrected chi connectivity index (χ2v) is 7.82. The SMILES string of the molecule is FC(F)(F)CC(F)(F)C(F)(F)C(F)(F)C1=C2CC3=CC=CC(F)(F)C3=C2C(F)(F)C(F)(F)C1(F)F. The molecule has 0 aromatic carbocycles. The lowest BCUT2D eigenvalue weighted by atomic mass is 9.75. The van der Waals surface area contributed by atoms with Gasteiger partial charge in [0.15, 0.2) is 0 Å². The van der Waals surface area contributed by atoms with E-state index < -0.39 is 88.3 Å². The van der Waals surface area contributed by atoms with Gasteiger partial charge in [0.25, 0.3) is 5.92 Å². The van der Waals surface area contributed by atoms with E-state index in [1.54, 1.807) is 0 Å². The Morgan fingerprint density at radius 2 is 1.23 bits per heavy atom. The molecule has 0 heterocycles. The van der Waals surface area contributed by atoms with Gasteiger partial charge in [-0.25, -0.2) is 0 Å². The number of halogens is 17. The summed E-state index contributed by atoms with van der Waals surface area (Å²) in [6.45, 7) is 0. The zero-order valence-corrected chi connectivity index (χ0v) is 16.1. The van der Waals surface area contributed by atoms with E-state index in [0.29, 0.717) is 12.2 Å². The molecule has 0 atom stereocenters. The summed E-state index contributed by atoms with van der Waals surface area (Å²) in [4.78, 5) is 0. The monoisotopic (exact) mass is 546 g/mol. The quantitative estimate of drug-likeness (QED) is 0.315. The summed E-state index contributed by atoms with van der Waals surface area (Å²) < 4.78 is 236. The number of allylic oxidation sites excluding steroid dienone is 8. The summed E-state index contributed by atoms with van der Waals surface area (Å²) in [7, 11) is 0. The smallest absolute Gasteiger partial charge is 0.199 e. The summed E-state index contributed by atoms with van der Waals surface area (Å²) in [6, 6.07) is 0. The van der Waals surface area contributed by atoms with Crippen molar-refractivity contribution in [2.24, 2.45) is 0 Å². The number of fused-ring (bicyclic) bond motifs is 2. The Morgan fingerprint density at radius 1 is 0.714 bits per heavy atom. The molecule has 3 aliphatic carbocycles. The molecule has 198 valence electrons. The van der Waals surface area contributed by atoms with Crippen molar-refractivity contribution in [1.82, 2.24) is 0 Å². The van der Waals surface area contributed by atoms with Gasteiger partial charge in [0.2, 0.25) is 0 Å². The van der Waals surface area contributed by atoms with E-state index in [-0.39, 0.29) is 6.08 Å².